The summed E-state index contributed by atoms with van der Waals surface area (Å²) in [5, 5.41) is 2.44. The summed E-state index contributed by atoms with van der Waals surface area (Å²) in [6.45, 7) is 3.82. The van der Waals surface area contributed by atoms with Crippen molar-refractivity contribution in [3.63, 3.8) is 0 Å². The van der Waals surface area contributed by atoms with Crippen molar-refractivity contribution in [2.45, 2.75) is 39.3 Å². The van der Waals surface area contributed by atoms with Crippen molar-refractivity contribution in [1.29, 1.82) is 0 Å². The molecule has 126 valence electrons. The number of carbonyl (C=O) groups is 3. The fourth-order valence-electron chi connectivity index (χ4n) is 2.11. The highest BCUT2D eigenvalue weighted by Gasteiger charge is 2.31. The molecule has 23 heavy (non-hydrogen) atoms. The lowest BCUT2D eigenvalue weighted by molar-refractivity contribution is -0.148. The minimum Gasteiger partial charge on any atom is -0.464 e. The Morgan fingerprint density at radius 1 is 1.17 bits per heavy atom. The van der Waals surface area contributed by atoms with E-state index in [0.717, 1.165) is 5.56 Å². The van der Waals surface area contributed by atoms with Gasteiger partial charge in [0.15, 0.2) is 0 Å². The van der Waals surface area contributed by atoms with E-state index in [1.165, 1.54) is 0 Å². The fourth-order valence-corrected chi connectivity index (χ4v) is 2.11. The van der Waals surface area contributed by atoms with Gasteiger partial charge in [-0.05, 0) is 18.9 Å². The summed E-state index contributed by atoms with van der Waals surface area (Å²) in [6, 6.07) is 8.14. The average molecular weight is 321 g/mol. The zero-order chi connectivity index (χ0) is 17.1. The lowest BCUT2D eigenvalue weighted by Gasteiger charge is -2.21. The Kier molecular flexibility index (Phi) is 8.42. The summed E-state index contributed by atoms with van der Waals surface area (Å²) < 4.78 is 10.0. The first-order chi connectivity index (χ1) is 11.1. The van der Waals surface area contributed by atoms with Gasteiger partial charge in [-0.25, -0.2) is 9.59 Å². The van der Waals surface area contributed by atoms with Crippen LogP contribution in [0.4, 0.5) is 4.79 Å². The Labute approximate surface area is 136 Å². The number of alkyl carbamates (subject to hydrolysis) is 1. The molecule has 0 radical (unpaired) electrons. The van der Waals surface area contributed by atoms with Gasteiger partial charge in [0, 0.05) is 5.92 Å². The molecule has 0 heterocycles. The van der Waals surface area contributed by atoms with Gasteiger partial charge in [-0.2, -0.15) is 0 Å². The molecule has 1 rings (SSSR count). The third-order valence-corrected chi connectivity index (χ3v) is 3.25. The van der Waals surface area contributed by atoms with E-state index < -0.39 is 24.0 Å². The molecular weight excluding hydrogens is 298 g/mol. The molecule has 1 aromatic carbocycles. The number of rotatable bonds is 9. The van der Waals surface area contributed by atoms with Crippen LogP contribution in [0.1, 0.15) is 32.3 Å². The lowest BCUT2D eigenvalue weighted by atomic mass is 9.96. The summed E-state index contributed by atoms with van der Waals surface area (Å²) in [7, 11) is 0. The Balaban J connectivity index is 2.65. The molecule has 0 aliphatic heterocycles. The maximum atomic E-state index is 12.0. The lowest BCUT2D eigenvalue weighted by Crippen LogP contribution is -2.47. The number of aldehydes is 1. The predicted molar refractivity (Wildman–Crippen MR) is 84.6 cm³/mol. The molecule has 0 fully saturated rings. The summed E-state index contributed by atoms with van der Waals surface area (Å²) in [5.41, 5.74) is 0.829. The van der Waals surface area contributed by atoms with Crippen molar-refractivity contribution in [2.24, 2.45) is 5.92 Å². The van der Waals surface area contributed by atoms with Crippen molar-refractivity contribution in [3.8, 4) is 0 Å². The summed E-state index contributed by atoms with van der Waals surface area (Å²) in [5.74, 6) is -1.27. The summed E-state index contributed by atoms with van der Waals surface area (Å²) >= 11 is 0. The van der Waals surface area contributed by atoms with E-state index in [2.05, 4.69) is 5.32 Å². The SMILES string of the molecule is CCC[C@@H](C=O)[C@H](NC(=O)OCc1ccccc1)C(=O)OCC. The molecule has 1 N–H and O–H groups in total. The fraction of sp³-hybridized carbons (Fsp3) is 0.471. The first-order valence-electron chi connectivity index (χ1n) is 7.71. The van der Waals surface area contributed by atoms with E-state index in [9.17, 15) is 14.4 Å². The van der Waals surface area contributed by atoms with E-state index >= 15 is 0 Å². The van der Waals surface area contributed by atoms with Gasteiger partial charge in [0.25, 0.3) is 0 Å². The Morgan fingerprint density at radius 3 is 2.43 bits per heavy atom. The molecule has 2 atom stereocenters. The highest BCUT2D eigenvalue weighted by atomic mass is 16.6. The van der Waals surface area contributed by atoms with Crippen LogP contribution in [0.2, 0.25) is 0 Å². The molecule has 0 aromatic heterocycles. The Hall–Kier alpha value is -2.37. The highest BCUT2D eigenvalue weighted by molar-refractivity contribution is 5.84. The Morgan fingerprint density at radius 2 is 1.87 bits per heavy atom. The van der Waals surface area contributed by atoms with Crippen LogP contribution in [0.3, 0.4) is 0 Å². The minimum absolute atomic E-state index is 0.0851. The molecule has 0 spiro atoms. The van der Waals surface area contributed by atoms with Crippen LogP contribution in [-0.4, -0.2) is 31.0 Å². The van der Waals surface area contributed by atoms with Gasteiger partial charge < -0.3 is 19.6 Å². The molecule has 0 aliphatic carbocycles. The number of carbonyl (C=O) groups excluding carboxylic acids is 3. The largest absolute Gasteiger partial charge is 0.464 e. The van der Waals surface area contributed by atoms with E-state index in [4.69, 9.17) is 9.47 Å². The van der Waals surface area contributed by atoms with Crippen molar-refractivity contribution in [3.05, 3.63) is 35.9 Å². The van der Waals surface area contributed by atoms with Crippen LogP contribution in [0.25, 0.3) is 0 Å². The van der Waals surface area contributed by atoms with Crippen LogP contribution in [0.5, 0.6) is 0 Å². The van der Waals surface area contributed by atoms with Crippen molar-refractivity contribution in [2.75, 3.05) is 6.61 Å². The zero-order valence-corrected chi connectivity index (χ0v) is 13.5. The van der Waals surface area contributed by atoms with Gasteiger partial charge in [0.05, 0.1) is 6.61 Å². The van der Waals surface area contributed by atoms with Crippen LogP contribution >= 0.6 is 0 Å². The van der Waals surface area contributed by atoms with Gasteiger partial charge >= 0.3 is 12.1 Å². The standard InChI is InChI=1S/C17H23NO5/c1-3-8-14(11-19)15(16(20)22-4-2)18-17(21)23-12-13-9-6-5-7-10-13/h5-7,9-11,14-15H,3-4,8,12H2,1-2H3,(H,18,21)/t14-,15-/m0/s1. The van der Waals surface area contributed by atoms with Gasteiger partial charge in [0.1, 0.15) is 18.9 Å². The van der Waals surface area contributed by atoms with Crippen molar-refractivity contribution >= 4 is 18.3 Å². The number of amides is 1. The number of hydrogen-bond acceptors (Lipinski definition) is 5. The number of ether oxygens (including phenoxy) is 2. The third kappa shape index (κ3) is 6.50. The topological polar surface area (TPSA) is 81.7 Å². The van der Waals surface area contributed by atoms with E-state index in [0.29, 0.717) is 19.1 Å². The monoisotopic (exact) mass is 321 g/mol. The minimum atomic E-state index is -1.03. The summed E-state index contributed by atoms with van der Waals surface area (Å²) in [4.78, 5) is 35.1. The van der Waals surface area contributed by atoms with Crippen LogP contribution in [0, 0.1) is 5.92 Å². The number of nitrogens with one attached hydrogen (secondary N) is 1. The molecule has 0 aliphatic rings. The molecule has 6 nitrogen and oxygen atoms in total. The van der Waals surface area contributed by atoms with Gasteiger partial charge in [-0.3, -0.25) is 0 Å². The van der Waals surface area contributed by atoms with E-state index in [1.54, 1.807) is 6.92 Å². The molecule has 6 heteroatoms. The third-order valence-electron chi connectivity index (χ3n) is 3.25. The highest BCUT2D eigenvalue weighted by Crippen LogP contribution is 2.11. The van der Waals surface area contributed by atoms with Crippen molar-refractivity contribution < 1.29 is 23.9 Å². The maximum Gasteiger partial charge on any atom is 0.408 e. The second kappa shape index (κ2) is 10.4. The molecule has 0 bridgehead atoms. The van der Waals surface area contributed by atoms with Crippen LogP contribution in [0.15, 0.2) is 30.3 Å². The quantitative estimate of drug-likeness (QED) is 0.558. The maximum absolute atomic E-state index is 12.0. The van der Waals surface area contributed by atoms with E-state index in [1.807, 2.05) is 37.3 Å². The van der Waals surface area contributed by atoms with Gasteiger partial charge in [-0.15, -0.1) is 0 Å². The first-order valence-corrected chi connectivity index (χ1v) is 7.71. The van der Waals surface area contributed by atoms with Crippen LogP contribution < -0.4 is 5.32 Å². The average Bonchev–Trinajstić information content (AvgIpc) is 2.57. The molecular formula is C17H23NO5. The molecule has 0 saturated carbocycles. The second-order valence-electron chi connectivity index (χ2n) is 5.02. The number of benzene rings is 1. The molecule has 0 saturated heterocycles. The molecule has 1 aromatic rings. The first kappa shape index (κ1) is 18.7. The predicted octanol–water partition coefficient (Wildman–Crippen LogP) is 2.46. The smallest absolute Gasteiger partial charge is 0.408 e. The zero-order valence-electron chi connectivity index (χ0n) is 13.5. The number of hydrogen-bond donors (Lipinski definition) is 1. The Bertz CT molecular complexity index is 503. The van der Waals surface area contributed by atoms with E-state index in [-0.39, 0.29) is 13.2 Å². The summed E-state index contributed by atoms with van der Waals surface area (Å²) in [6.07, 6.45) is 1.10. The molecule has 0 unspecified atom stereocenters. The van der Waals surface area contributed by atoms with Gasteiger partial charge in [0.2, 0.25) is 0 Å². The normalized spacial score (nSPS) is 12.8. The van der Waals surface area contributed by atoms with Gasteiger partial charge in [-0.1, -0.05) is 43.7 Å². The number of esters is 1. The second-order valence-corrected chi connectivity index (χ2v) is 5.02. The van der Waals surface area contributed by atoms with Crippen molar-refractivity contribution in [1.82, 2.24) is 5.32 Å². The molecule has 1 amide bonds. The van der Waals surface area contributed by atoms with Crippen LogP contribution in [-0.2, 0) is 25.7 Å².